The first kappa shape index (κ1) is 11.6. The van der Waals surface area contributed by atoms with Gasteiger partial charge in [0.25, 0.3) is 5.56 Å². The van der Waals surface area contributed by atoms with Crippen molar-refractivity contribution in [2.24, 2.45) is 13.0 Å². The van der Waals surface area contributed by atoms with E-state index >= 15 is 0 Å². The zero-order valence-electron chi connectivity index (χ0n) is 10.3. The molecule has 2 aromatic heterocycles. The molecule has 2 heterocycles. The average molecular weight is 232 g/mol. The van der Waals surface area contributed by atoms with Crippen molar-refractivity contribution in [3.8, 4) is 11.3 Å². The highest BCUT2D eigenvalue weighted by molar-refractivity contribution is 5.56. The van der Waals surface area contributed by atoms with Crippen molar-refractivity contribution in [3.63, 3.8) is 0 Å². The van der Waals surface area contributed by atoms with Gasteiger partial charge in [-0.15, -0.1) is 0 Å². The molecule has 0 aliphatic carbocycles. The van der Waals surface area contributed by atoms with E-state index in [0.29, 0.717) is 11.6 Å². The third-order valence-corrected chi connectivity index (χ3v) is 2.39. The first-order valence-corrected chi connectivity index (χ1v) is 5.64. The zero-order valence-corrected chi connectivity index (χ0v) is 10.3. The minimum absolute atomic E-state index is 0.116. The molecule has 5 heteroatoms. The van der Waals surface area contributed by atoms with Gasteiger partial charge in [0.05, 0.1) is 11.9 Å². The van der Waals surface area contributed by atoms with E-state index in [1.807, 2.05) is 13.2 Å². The van der Waals surface area contributed by atoms with Gasteiger partial charge in [-0.1, -0.05) is 13.8 Å². The highest BCUT2D eigenvalue weighted by Gasteiger charge is 2.07. The largest absolute Gasteiger partial charge is 0.311 e. The topological polar surface area (TPSA) is 63.6 Å². The molecule has 0 aliphatic heterocycles. The third kappa shape index (κ3) is 2.81. The Kier molecular flexibility index (Phi) is 3.08. The van der Waals surface area contributed by atoms with Crippen LogP contribution >= 0.6 is 0 Å². The number of hydrogen-bond acceptors (Lipinski definition) is 3. The molecule has 0 aromatic carbocycles. The molecule has 0 atom stereocenters. The van der Waals surface area contributed by atoms with Crippen LogP contribution in [0, 0.1) is 5.92 Å². The van der Waals surface area contributed by atoms with Crippen LogP contribution in [0.1, 0.15) is 19.7 Å². The van der Waals surface area contributed by atoms with Crippen molar-refractivity contribution in [3.05, 3.63) is 34.6 Å². The monoisotopic (exact) mass is 232 g/mol. The van der Waals surface area contributed by atoms with Crippen LogP contribution in [0.3, 0.4) is 0 Å². The predicted octanol–water partition coefficient (Wildman–Crippen LogP) is 1.37. The maximum absolute atomic E-state index is 11.5. The van der Waals surface area contributed by atoms with E-state index in [0.717, 1.165) is 17.8 Å². The van der Waals surface area contributed by atoms with E-state index in [9.17, 15) is 4.79 Å². The van der Waals surface area contributed by atoms with Gasteiger partial charge in [0.2, 0.25) is 0 Å². The fraction of sp³-hybridized carbons (Fsp3) is 0.417. The van der Waals surface area contributed by atoms with Crippen LogP contribution in [0.2, 0.25) is 0 Å². The van der Waals surface area contributed by atoms with Crippen LogP contribution in [0.15, 0.2) is 23.3 Å². The number of nitrogens with zero attached hydrogens (tertiary/aromatic N) is 3. The SMILES string of the molecule is CC(C)Cc1nc(-c2cnn(C)c2)cc(=O)[nH]1. The lowest BCUT2D eigenvalue weighted by Gasteiger charge is -2.05. The van der Waals surface area contributed by atoms with Crippen LogP contribution in [-0.2, 0) is 13.5 Å². The molecule has 17 heavy (non-hydrogen) atoms. The van der Waals surface area contributed by atoms with E-state index < -0.39 is 0 Å². The number of aromatic amines is 1. The third-order valence-electron chi connectivity index (χ3n) is 2.39. The van der Waals surface area contributed by atoms with Crippen LogP contribution in [0.25, 0.3) is 11.3 Å². The lowest BCUT2D eigenvalue weighted by Crippen LogP contribution is -2.12. The van der Waals surface area contributed by atoms with Gasteiger partial charge < -0.3 is 4.98 Å². The molecule has 0 fully saturated rings. The first-order valence-electron chi connectivity index (χ1n) is 5.64. The fourth-order valence-corrected chi connectivity index (χ4v) is 1.69. The Morgan fingerprint density at radius 1 is 1.47 bits per heavy atom. The molecule has 0 bridgehead atoms. The van der Waals surface area contributed by atoms with Gasteiger partial charge in [-0.05, 0) is 5.92 Å². The number of H-pyrrole nitrogens is 1. The summed E-state index contributed by atoms with van der Waals surface area (Å²) in [6.07, 6.45) is 4.32. The maximum Gasteiger partial charge on any atom is 0.251 e. The molecule has 0 aliphatic rings. The van der Waals surface area contributed by atoms with Crippen LogP contribution < -0.4 is 5.56 Å². The summed E-state index contributed by atoms with van der Waals surface area (Å²) in [5, 5.41) is 4.08. The van der Waals surface area contributed by atoms with Crippen LogP contribution in [-0.4, -0.2) is 19.7 Å². The number of aryl methyl sites for hydroxylation is 1. The molecule has 0 saturated heterocycles. The van der Waals surface area contributed by atoms with E-state index in [2.05, 4.69) is 28.9 Å². The standard InChI is InChI=1S/C12H16N4O/c1-8(2)4-11-14-10(5-12(17)15-11)9-6-13-16(3)7-9/h5-8H,4H2,1-3H3,(H,14,15,17). The summed E-state index contributed by atoms with van der Waals surface area (Å²) in [5.74, 6) is 1.19. The van der Waals surface area contributed by atoms with Gasteiger partial charge in [0.1, 0.15) is 5.82 Å². The zero-order chi connectivity index (χ0) is 12.4. The summed E-state index contributed by atoms with van der Waals surface area (Å²) < 4.78 is 1.69. The number of hydrogen-bond donors (Lipinski definition) is 1. The quantitative estimate of drug-likeness (QED) is 0.869. The smallest absolute Gasteiger partial charge is 0.251 e. The van der Waals surface area contributed by atoms with Crippen molar-refractivity contribution in [2.75, 3.05) is 0 Å². The summed E-state index contributed by atoms with van der Waals surface area (Å²) in [6, 6.07) is 1.50. The second kappa shape index (κ2) is 4.53. The van der Waals surface area contributed by atoms with E-state index in [1.165, 1.54) is 6.07 Å². The molecule has 5 nitrogen and oxygen atoms in total. The van der Waals surface area contributed by atoms with E-state index in [4.69, 9.17) is 0 Å². The number of rotatable bonds is 3. The van der Waals surface area contributed by atoms with Crippen molar-refractivity contribution < 1.29 is 0 Å². The van der Waals surface area contributed by atoms with Gasteiger partial charge in [0, 0.05) is 31.3 Å². The summed E-state index contributed by atoms with van der Waals surface area (Å²) in [5.41, 5.74) is 1.43. The molecule has 0 spiro atoms. The van der Waals surface area contributed by atoms with Crippen molar-refractivity contribution in [2.45, 2.75) is 20.3 Å². The van der Waals surface area contributed by atoms with E-state index in [1.54, 1.807) is 10.9 Å². The van der Waals surface area contributed by atoms with Gasteiger partial charge >= 0.3 is 0 Å². The van der Waals surface area contributed by atoms with Crippen molar-refractivity contribution in [1.82, 2.24) is 19.7 Å². The molecule has 2 rings (SSSR count). The highest BCUT2D eigenvalue weighted by atomic mass is 16.1. The van der Waals surface area contributed by atoms with E-state index in [-0.39, 0.29) is 5.56 Å². The molecule has 0 amide bonds. The first-order chi connectivity index (χ1) is 8.04. The Labute approximate surface area is 99.5 Å². The molecular formula is C12H16N4O. The summed E-state index contributed by atoms with van der Waals surface area (Å²) >= 11 is 0. The Morgan fingerprint density at radius 3 is 2.82 bits per heavy atom. The minimum atomic E-state index is -0.116. The van der Waals surface area contributed by atoms with Crippen molar-refractivity contribution in [1.29, 1.82) is 0 Å². The second-order valence-corrected chi connectivity index (χ2v) is 4.58. The lowest BCUT2D eigenvalue weighted by atomic mass is 10.1. The maximum atomic E-state index is 11.5. The predicted molar refractivity (Wildman–Crippen MR) is 65.6 cm³/mol. The molecule has 0 radical (unpaired) electrons. The summed E-state index contributed by atoms with van der Waals surface area (Å²) in [7, 11) is 1.84. The van der Waals surface area contributed by atoms with Gasteiger partial charge in [0.15, 0.2) is 0 Å². The summed E-state index contributed by atoms with van der Waals surface area (Å²) in [6.45, 7) is 4.19. The van der Waals surface area contributed by atoms with Crippen LogP contribution in [0.4, 0.5) is 0 Å². The van der Waals surface area contributed by atoms with Gasteiger partial charge in [-0.3, -0.25) is 9.48 Å². The molecule has 2 aromatic rings. The van der Waals surface area contributed by atoms with Crippen LogP contribution in [0.5, 0.6) is 0 Å². The molecule has 0 saturated carbocycles. The molecule has 1 N–H and O–H groups in total. The van der Waals surface area contributed by atoms with Crippen molar-refractivity contribution >= 4 is 0 Å². The van der Waals surface area contributed by atoms with Gasteiger partial charge in [-0.2, -0.15) is 5.10 Å². The Bertz CT molecular complexity index is 568. The lowest BCUT2D eigenvalue weighted by molar-refractivity contribution is 0.619. The summed E-state index contributed by atoms with van der Waals surface area (Å²) in [4.78, 5) is 18.8. The fourth-order valence-electron chi connectivity index (χ4n) is 1.69. The Balaban J connectivity index is 2.41. The molecular weight excluding hydrogens is 216 g/mol. The van der Waals surface area contributed by atoms with Gasteiger partial charge in [-0.25, -0.2) is 4.98 Å². The molecule has 0 unspecified atom stereocenters. The number of aromatic nitrogens is 4. The normalized spacial score (nSPS) is 11.1. The Morgan fingerprint density at radius 2 is 2.24 bits per heavy atom. The highest BCUT2D eigenvalue weighted by Crippen LogP contribution is 2.14. The second-order valence-electron chi connectivity index (χ2n) is 4.58. The minimum Gasteiger partial charge on any atom is -0.311 e. The Hall–Kier alpha value is -1.91. The number of nitrogens with one attached hydrogen (secondary N) is 1. The average Bonchev–Trinajstić information content (AvgIpc) is 2.62. The molecule has 90 valence electrons.